The van der Waals surface area contributed by atoms with Crippen LogP contribution in [0.15, 0.2) is 53.0 Å². The molecular formula is C26H36NP. The van der Waals surface area contributed by atoms with Crippen molar-refractivity contribution in [1.29, 1.82) is 0 Å². The molecule has 0 spiro atoms. The highest BCUT2D eigenvalue weighted by Crippen LogP contribution is 2.44. The Kier molecular flexibility index (Phi) is 6.72. The highest BCUT2D eigenvalue weighted by molar-refractivity contribution is 7.31. The summed E-state index contributed by atoms with van der Waals surface area (Å²) in [6.07, 6.45) is 2.14. The fourth-order valence-corrected chi connectivity index (χ4v) is 3.73. The van der Waals surface area contributed by atoms with Crippen LogP contribution in [-0.4, -0.2) is 0 Å². The van der Waals surface area contributed by atoms with E-state index in [-0.39, 0.29) is 16.2 Å². The summed E-state index contributed by atoms with van der Waals surface area (Å²) in [6.45, 7) is 20.6. The van der Waals surface area contributed by atoms with Crippen molar-refractivity contribution >= 4 is 20.1 Å². The number of hydrogen-bond acceptors (Lipinski definition) is 1. The first-order valence-electron chi connectivity index (χ1n) is 10.1. The maximum atomic E-state index is 5.06. The predicted molar refractivity (Wildman–Crippen MR) is 127 cm³/mol. The van der Waals surface area contributed by atoms with Crippen LogP contribution in [0.25, 0.3) is 6.08 Å². The molecular weight excluding hydrogens is 357 g/mol. The van der Waals surface area contributed by atoms with Gasteiger partial charge in [-0.25, -0.2) is 4.74 Å². The van der Waals surface area contributed by atoms with Crippen molar-refractivity contribution in [2.45, 2.75) is 78.6 Å². The van der Waals surface area contributed by atoms with Gasteiger partial charge in [0.15, 0.2) is 0 Å². The topological polar surface area (TPSA) is 12.4 Å². The fraction of sp³-hybridized carbons (Fsp3) is 0.462. The van der Waals surface area contributed by atoms with Gasteiger partial charge < -0.3 is 0 Å². The summed E-state index contributed by atoms with van der Waals surface area (Å²) < 4.78 is 5.06. The molecule has 0 aliphatic carbocycles. The van der Waals surface area contributed by atoms with Crippen LogP contribution in [0.4, 0.5) is 5.69 Å². The normalized spacial score (nSPS) is 13.6. The summed E-state index contributed by atoms with van der Waals surface area (Å²) in [5, 5.41) is 0. The van der Waals surface area contributed by atoms with Gasteiger partial charge in [-0.2, -0.15) is 0 Å². The number of nitrogens with zero attached hydrogens (tertiary/aromatic N) is 1. The molecule has 0 N–H and O–H groups in total. The zero-order chi connectivity index (χ0) is 21.2. The standard InChI is InChI=1S/C26H36NP/c1-24(2,3)20-17-21(25(4,5)6)23(22(18-20)26(7,8)9)27-28-16-15-19-13-11-10-12-14-19/h10-18H,1-9H3/b16-15+. The van der Waals surface area contributed by atoms with E-state index in [9.17, 15) is 0 Å². The van der Waals surface area contributed by atoms with E-state index < -0.39 is 0 Å². The first-order chi connectivity index (χ1) is 12.8. The molecule has 2 aromatic carbocycles. The maximum Gasteiger partial charge on any atom is 0.0754 e. The van der Waals surface area contributed by atoms with Crippen LogP contribution in [-0.2, 0) is 16.2 Å². The van der Waals surface area contributed by atoms with Crippen molar-refractivity contribution in [3.63, 3.8) is 0 Å². The van der Waals surface area contributed by atoms with Crippen molar-refractivity contribution < 1.29 is 0 Å². The second-order valence-corrected chi connectivity index (χ2v) is 11.3. The molecule has 0 heterocycles. The third-order valence-electron chi connectivity index (χ3n) is 4.88. The van der Waals surface area contributed by atoms with E-state index in [2.05, 4.69) is 111 Å². The highest BCUT2D eigenvalue weighted by Gasteiger charge is 2.28. The van der Waals surface area contributed by atoms with Gasteiger partial charge in [0.25, 0.3) is 0 Å². The second-order valence-electron chi connectivity index (χ2n) is 10.6. The Balaban J connectivity index is 2.60. The Bertz CT molecular complexity index is 819. The van der Waals surface area contributed by atoms with E-state index in [1.807, 2.05) is 6.07 Å². The Hall–Kier alpha value is -1.72. The predicted octanol–water partition coefficient (Wildman–Crippen LogP) is 9.01. The SMILES string of the molecule is CC(C)(C)c1cc(C(C)(C)C)c(N=P/C=C/c2ccccc2)c(C(C)(C)C)c1. The van der Waals surface area contributed by atoms with E-state index in [4.69, 9.17) is 4.74 Å². The molecule has 0 saturated heterocycles. The molecule has 0 aliphatic heterocycles. The molecule has 0 aromatic heterocycles. The second kappa shape index (κ2) is 8.34. The van der Waals surface area contributed by atoms with Gasteiger partial charge in [0, 0.05) is 8.37 Å². The van der Waals surface area contributed by atoms with Crippen LogP contribution in [0.2, 0.25) is 0 Å². The van der Waals surface area contributed by atoms with Crippen LogP contribution in [0.5, 0.6) is 0 Å². The lowest BCUT2D eigenvalue weighted by molar-refractivity contribution is 0.550. The largest absolute Gasteiger partial charge is 0.227 e. The Labute approximate surface area is 174 Å². The first kappa shape index (κ1) is 22.6. The first-order valence-corrected chi connectivity index (χ1v) is 11.0. The zero-order valence-corrected chi connectivity index (χ0v) is 20.0. The van der Waals surface area contributed by atoms with Gasteiger partial charge in [-0.05, 0) is 50.4 Å². The molecule has 2 aromatic rings. The van der Waals surface area contributed by atoms with E-state index >= 15 is 0 Å². The molecule has 0 bridgehead atoms. The summed E-state index contributed by atoms with van der Waals surface area (Å²) in [4.78, 5) is 0. The lowest BCUT2D eigenvalue weighted by Crippen LogP contribution is -2.21. The van der Waals surface area contributed by atoms with Gasteiger partial charge in [-0.3, -0.25) is 0 Å². The van der Waals surface area contributed by atoms with Crippen molar-refractivity contribution in [3.05, 3.63) is 70.5 Å². The van der Waals surface area contributed by atoms with Crippen LogP contribution in [0.1, 0.15) is 84.6 Å². The molecule has 0 aliphatic rings. The monoisotopic (exact) mass is 393 g/mol. The molecule has 0 atom stereocenters. The number of benzene rings is 2. The van der Waals surface area contributed by atoms with Crippen molar-refractivity contribution in [2.75, 3.05) is 0 Å². The highest BCUT2D eigenvalue weighted by atomic mass is 31.1. The minimum absolute atomic E-state index is 0.0404. The number of rotatable bonds is 3. The molecule has 150 valence electrons. The minimum atomic E-state index is 0.0404. The van der Waals surface area contributed by atoms with Crippen molar-refractivity contribution in [3.8, 4) is 0 Å². The average Bonchev–Trinajstić information content (AvgIpc) is 2.56. The summed E-state index contributed by atoms with van der Waals surface area (Å²) in [7, 11) is 0.967. The minimum Gasteiger partial charge on any atom is -0.227 e. The quantitative estimate of drug-likeness (QED) is 0.461. The van der Waals surface area contributed by atoms with E-state index in [0.717, 1.165) is 14.1 Å². The lowest BCUT2D eigenvalue weighted by atomic mass is 9.74. The summed E-state index contributed by atoms with van der Waals surface area (Å²) >= 11 is 0. The molecule has 0 radical (unpaired) electrons. The molecule has 0 amide bonds. The van der Waals surface area contributed by atoms with Crippen molar-refractivity contribution in [1.82, 2.24) is 0 Å². The fourth-order valence-electron chi connectivity index (χ4n) is 3.09. The van der Waals surface area contributed by atoms with E-state index in [1.165, 1.54) is 22.3 Å². The van der Waals surface area contributed by atoms with E-state index in [1.54, 1.807) is 0 Å². The molecule has 0 saturated carbocycles. The molecule has 2 heteroatoms. The zero-order valence-electron chi connectivity index (χ0n) is 19.1. The molecule has 2 rings (SSSR count). The van der Waals surface area contributed by atoms with Crippen LogP contribution in [0.3, 0.4) is 0 Å². The van der Waals surface area contributed by atoms with Crippen LogP contribution >= 0.6 is 8.37 Å². The number of hydrogen-bond donors (Lipinski definition) is 0. The molecule has 28 heavy (non-hydrogen) atoms. The average molecular weight is 394 g/mol. The summed E-state index contributed by atoms with van der Waals surface area (Å²) in [6, 6.07) is 15.2. The Morgan fingerprint density at radius 1 is 0.714 bits per heavy atom. The molecule has 0 fully saturated rings. The summed E-state index contributed by atoms with van der Waals surface area (Å²) in [5.74, 6) is 2.13. The third-order valence-corrected chi connectivity index (χ3v) is 5.48. The molecule has 1 nitrogen and oxygen atoms in total. The van der Waals surface area contributed by atoms with Crippen molar-refractivity contribution in [2.24, 2.45) is 4.74 Å². The molecule has 0 unspecified atom stereocenters. The van der Waals surface area contributed by atoms with Gasteiger partial charge in [-0.15, -0.1) is 0 Å². The van der Waals surface area contributed by atoms with Crippen LogP contribution in [0, 0.1) is 0 Å². The van der Waals surface area contributed by atoms with E-state index in [0.29, 0.717) is 0 Å². The summed E-state index contributed by atoms with van der Waals surface area (Å²) in [5.41, 5.74) is 6.63. The third kappa shape index (κ3) is 5.89. The maximum absolute atomic E-state index is 5.06. The van der Waals surface area contributed by atoms with Gasteiger partial charge in [0.2, 0.25) is 0 Å². The smallest absolute Gasteiger partial charge is 0.0754 e. The van der Waals surface area contributed by atoms with Gasteiger partial charge >= 0.3 is 0 Å². The van der Waals surface area contributed by atoms with Crippen LogP contribution < -0.4 is 0 Å². The lowest BCUT2D eigenvalue weighted by Gasteiger charge is -2.32. The Morgan fingerprint density at radius 2 is 1.21 bits per heavy atom. The van der Waals surface area contributed by atoms with Gasteiger partial charge in [-0.1, -0.05) is 105 Å². The van der Waals surface area contributed by atoms with Gasteiger partial charge in [0.1, 0.15) is 0 Å². The van der Waals surface area contributed by atoms with Gasteiger partial charge in [0.05, 0.1) is 5.69 Å². The Morgan fingerprint density at radius 3 is 1.64 bits per heavy atom.